The number of aryl methyl sites for hydroxylation is 1. The van der Waals surface area contributed by atoms with Gasteiger partial charge in [-0.15, -0.1) is 0 Å². The molecule has 0 aromatic heterocycles. The summed E-state index contributed by atoms with van der Waals surface area (Å²) >= 11 is 0. The van der Waals surface area contributed by atoms with E-state index in [-0.39, 0.29) is 17.4 Å². The van der Waals surface area contributed by atoms with E-state index in [9.17, 15) is 14.0 Å². The molecule has 6 heteroatoms. The molecule has 1 saturated heterocycles. The van der Waals surface area contributed by atoms with E-state index in [1.54, 1.807) is 9.80 Å². The van der Waals surface area contributed by atoms with Gasteiger partial charge in [-0.25, -0.2) is 4.39 Å². The lowest BCUT2D eigenvalue weighted by atomic mass is 10.1. The molecule has 0 radical (unpaired) electrons. The molecule has 1 heterocycles. The van der Waals surface area contributed by atoms with Crippen LogP contribution < -0.4 is 4.74 Å². The summed E-state index contributed by atoms with van der Waals surface area (Å²) < 4.78 is 18.7. The van der Waals surface area contributed by atoms with Crippen LogP contribution in [0.1, 0.15) is 26.3 Å². The van der Waals surface area contributed by atoms with Crippen molar-refractivity contribution in [2.75, 3.05) is 33.3 Å². The third-order valence-corrected chi connectivity index (χ3v) is 4.54. The highest BCUT2D eigenvalue weighted by Gasteiger charge is 2.27. The van der Waals surface area contributed by atoms with Crippen molar-refractivity contribution >= 4 is 11.8 Å². The molecule has 0 spiro atoms. The number of ether oxygens (including phenoxy) is 1. The molecular formula is C20H21FN2O3. The minimum atomic E-state index is -0.484. The Hall–Kier alpha value is -2.89. The first-order valence-electron chi connectivity index (χ1n) is 8.48. The molecule has 1 fully saturated rings. The van der Waals surface area contributed by atoms with E-state index >= 15 is 0 Å². The van der Waals surface area contributed by atoms with Crippen molar-refractivity contribution in [1.82, 2.24) is 9.80 Å². The van der Waals surface area contributed by atoms with E-state index < -0.39 is 5.82 Å². The molecular weight excluding hydrogens is 335 g/mol. The van der Waals surface area contributed by atoms with Crippen LogP contribution >= 0.6 is 0 Å². The second-order valence-corrected chi connectivity index (χ2v) is 6.30. The lowest BCUT2D eigenvalue weighted by Gasteiger charge is -2.35. The number of nitrogens with zero attached hydrogens (tertiary/aromatic N) is 2. The van der Waals surface area contributed by atoms with Gasteiger partial charge in [0.15, 0.2) is 0 Å². The van der Waals surface area contributed by atoms with Gasteiger partial charge in [0.25, 0.3) is 11.8 Å². The molecule has 2 aromatic rings. The molecule has 136 valence electrons. The third-order valence-electron chi connectivity index (χ3n) is 4.54. The summed E-state index contributed by atoms with van der Waals surface area (Å²) in [7, 11) is 1.45. The molecule has 0 bridgehead atoms. The summed E-state index contributed by atoms with van der Waals surface area (Å²) in [5, 5.41) is 0. The highest BCUT2D eigenvalue weighted by molar-refractivity contribution is 5.97. The Balaban J connectivity index is 1.66. The van der Waals surface area contributed by atoms with Crippen LogP contribution in [-0.2, 0) is 0 Å². The van der Waals surface area contributed by atoms with Crippen LogP contribution in [0.4, 0.5) is 4.39 Å². The molecule has 5 nitrogen and oxygen atoms in total. The summed E-state index contributed by atoms with van der Waals surface area (Å²) in [4.78, 5) is 28.6. The second-order valence-electron chi connectivity index (χ2n) is 6.30. The number of carbonyl (C=O) groups excluding carboxylic acids is 2. The van der Waals surface area contributed by atoms with Crippen LogP contribution in [0.2, 0.25) is 0 Å². The average molecular weight is 356 g/mol. The van der Waals surface area contributed by atoms with E-state index in [2.05, 4.69) is 0 Å². The third kappa shape index (κ3) is 3.69. The molecule has 3 rings (SSSR count). The molecule has 1 aliphatic rings. The molecule has 2 amide bonds. The smallest absolute Gasteiger partial charge is 0.257 e. The predicted octanol–water partition coefficient (Wildman–Crippen LogP) is 2.74. The van der Waals surface area contributed by atoms with Gasteiger partial charge in [-0.1, -0.05) is 17.7 Å². The van der Waals surface area contributed by atoms with E-state index in [1.807, 2.05) is 31.2 Å². The van der Waals surface area contributed by atoms with E-state index in [4.69, 9.17) is 4.74 Å². The first kappa shape index (κ1) is 17.9. The molecule has 0 saturated carbocycles. The zero-order valence-corrected chi connectivity index (χ0v) is 14.9. The summed E-state index contributed by atoms with van der Waals surface area (Å²) in [6.07, 6.45) is 0. The molecule has 0 unspecified atom stereocenters. The number of carbonyl (C=O) groups is 2. The van der Waals surface area contributed by atoms with Crippen LogP contribution in [0.15, 0.2) is 42.5 Å². The molecule has 0 N–H and O–H groups in total. The molecule has 26 heavy (non-hydrogen) atoms. The monoisotopic (exact) mass is 356 g/mol. The van der Waals surface area contributed by atoms with Gasteiger partial charge in [-0.05, 0) is 37.3 Å². The Morgan fingerprint density at radius 3 is 2.08 bits per heavy atom. The Labute approximate surface area is 152 Å². The quantitative estimate of drug-likeness (QED) is 0.850. The van der Waals surface area contributed by atoms with E-state index in [0.29, 0.717) is 37.5 Å². The number of hydrogen-bond donors (Lipinski definition) is 0. The van der Waals surface area contributed by atoms with Gasteiger partial charge >= 0.3 is 0 Å². The number of amides is 2. The Kier molecular flexibility index (Phi) is 5.21. The maximum Gasteiger partial charge on any atom is 0.257 e. The van der Waals surface area contributed by atoms with Crippen molar-refractivity contribution < 1.29 is 18.7 Å². The van der Waals surface area contributed by atoms with Gasteiger partial charge in [0, 0.05) is 31.7 Å². The number of methoxy groups -OCH3 is 1. The largest absolute Gasteiger partial charge is 0.496 e. The van der Waals surface area contributed by atoms with Crippen molar-refractivity contribution in [2.45, 2.75) is 6.92 Å². The van der Waals surface area contributed by atoms with Crippen LogP contribution in [-0.4, -0.2) is 54.9 Å². The SMILES string of the molecule is COc1ccc(F)cc1C(=O)N1CCN(C(=O)c2ccc(C)cc2)CC1. The maximum absolute atomic E-state index is 13.5. The lowest BCUT2D eigenvalue weighted by molar-refractivity contribution is 0.0533. The zero-order chi connectivity index (χ0) is 18.7. The lowest BCUT2D eigenvalue weighted by Crippen LogP contribution is -2.50. The first-order chi connectivity index (χ1) is 12.5. The predicted molar refractivity (Wildman–Crippen MR) is 95.9 cm³/mol. The highest BCUT2D eigenvalue weighted by Crippen LogP contribution is 2.22. The number of halogens is 1. The standard InChI is InChI=1S/C20H21FN2O3/c1-14-3-5-15(6-4-14)19(24)22-9-11-23(12-10-22)20(25)17-13-16(21)7-8-18(17)26-2/h3-8,13H,9-12H2,1-2H3. The van der Waals surface area contributed by atoms with Crippen molar-refractivity contribution in [3.8, 4) is 5.75 Å². The molecule has 2 aromatic carbocycles. The Bertz CT molecular complexity index is 812. The van der Waals surface area contributed by atoms with Crippen molar-refractivity contribution in [3.05, 3.63) is 65.0 Å². The second kappa shape index (κ2) is 7.56. The summed E-state index contributed by atoms with van der Waals surface area (Å²) in [6, 6.07) is 11.3. The molecule has 1 aliphatic heterocycles. The van der Waals surface area contributed by atoms with Crippen molar-refractivity contribution in [2.24, 2.45) is 0 Å². The van der Waals surface area contributed by atoms with Crippen LogP contribution in [0, 0.1) is 12.7 Å². The minimum absolute atomic E-state index is 0.0413. The first-order valence-corrected chi connectivity index (χ1v) is 8.48. The fourth-order valence-corrected chi connectivity index (χ4v) is 3.01. The number of rotatable bonds is 3. The Morgan fingerprint density at radius 2 is 1.50 bits per heavy atom. The fourth-order valence-electron chi connectivity index (χ4n) is 3.01. The van der Waals surface area contributed by atoms with Crippen molar-refractivity contribution in [1.29, 1.82) is 0 Å². The van der Waals surface area contributed by atoms with Gasteiger partial charge in [0.05, 0.1) is 12.7 Å². The molecule has 0 atom stereocenters. The van der Waals surface area contributed by atoms with Gasteiger partial charge < -0.3 is 14.5 Å². The average Bonchev–Trinajstić information content (AvgIpc) is 2.67. The topological polar surface area (TPSA) is 49.9 Å². The van der Waals surface area contributed by atoms with E-state index in [1.165, 1.54) is 25.3 Å². The van der Waals surface area contributed by atoms with Crippen molar-refractivity contribution in [3.63, 3.8) is 0 Å². The van der Waals surface area contributed by atoms with E-state index in [0.717, 1.165) is 5.56 Å². The Morgan fingerprint density at radius 1 is 0.923 bits per heavy atom. The van der Waals surface area contributed by atoms with Crippen LogP contribution in [0.5, 0.6) is 5.75 Å². The maximum atomic E-state index is 13.5. The van der Waals surface area contributed by atoms with Crippen LogP contribution in [0.3, 0.4) is 0 Å². The molecule has 0 aliphatic carbocycles. The summed E-state index contributed by atoms with van der Waals surface area (Å²) in [5.74, 6) is -0.471. The normalized spacial score (nSPS) is 14.3. The summed E-state index contributed by atoms with van der Waals surface area (Å²) in [5.41, 5.74) is 1.94. The number of hydrogen-bond acceptors (Lipinski definition) is 3. The number of benzene rings is 2. The van der Waals surface area contributed by atoms with Gasteiger partial charge in [0.2, 0.25) is 0 Å². The highest BCUT2D eigenvalue weighted by atomic mass is 19.1. The zero-order valence-electron chi connectivity index (χ0n) is 14.9. The number of piperazine rings is 1. The van der Waals surface area contributed by atoms with Crippen LogP contribution in [0.25, 0.3) is 0 Å². The fraction of sp³-hybridized carbons (Fsp3) is 0.300. The van der Waals surface area contributed by atoms with Gasteiger partial charge in [0.1, 0.15) is 11.6 Å². The minimum Gasteiger partial charge on any atom is -0.496 e. The van der Waals surface area contributed by atoms with Gasteiger partial charge in [-0.2, -0.15) is 0 Å². The summed E-state index contributed by atoms with van der Waals surface area (Å²) in [6.45, 7) is 3.65. The van der Waals surface area contributed by atoms with Gasteiger partial charge in [-0.3, -0.25) is 9.59 Å².